The minimum absolute atomic E-state index is 0.131. The standard InChI is InChI=1S/C25H21N7O2S2/c1-15-19(22(33)31(2)3)27-24(36-15)29-28-21-20(17-12-8-5-9-13-17)30-32(23(21)34)25-26-18(14-35-25)16-10-6-4-7-11-16/h4-14,30H,1-3H3. The van der Waals surface area contributed by atoms with Crippen LogP contribution >= 0.6 is 22.7 Å². The van der Waals surface area contributed by atoms with Crippen LogP contribution in [0.2, 0.25) is 0 Å². The number of carbonyl (C=O) groups excluding carboxylic acids is 1. The number of hydrogen-bond donors (Lipinski definition) is 1. The van der Waals surface area contributed by atoms with Crippen LogP contribution in [0.25, 0.3) is 27.6 Å². The smallest absolute Gasteiger partial charge is 0.301 e. The Kier molecular flexibility index (Phi) is 6.40. The van der Waals surface area contributed by atoms with Crippen molar-refractivity contribution in [2.75, 3.05) is 14.1 Å². The number of nitrogens with one attached hydrogen (secondary N) is 1. The lowest BCUT2D eigenvalue weighted by Crippen LogP contribution is -2.22. The average Bonchev–Trinajstić information content (AvgIpc) is 3.60. The van der Waals surface area contributed by atoms with E-state index in [1.165, 1.54) is 32.3 Å². The molecule has 0 saturated heterocycles. The second kappa shape index (κ2) is 9.80. The van der Waals surface area contributed by atoms with Crippen molar-refractivity contribution in [3.63, 3.8) is 0 Å². The molecule has 0 spiro atoms. The molecule has 0 radical (unpaired) electrons. The van der Waals surface area contributed by atoms with Gasteiger partial charge in [-0.05, 0) is 6.92 Å². The molecule has 1 amide bonds. The number of aryl methyl sites for hydroxylation is 1. The molecule has 0 saturated carbocycles. The van der Waals surface area contributed by atoms with E-state index < -0.39 is 0 Å². The molecule has 0 atom stereocenters. The van der Waals surface area contributed by atoms with E-state index >= 15 is 0 Å². The molecule has 5 rings (SSSR count). The maximum absolute atomic E-state index is 13.5. The molecular weight excluding hydrogens is 494 g/mol. The van der Waals surface area contributed by atoms with Gasteiger partial charge in [0.2, 0.25) is 10.3 Å². The van der Waals surface area contributed by atoms with Gasteiger partial charge in [0.25, 0.3) is 5.91 Å². The topological polar surface area (TPSA) is 109 Å². The zero-order valence-electron chi connectivity index (χ0n) is 19.7. The maximum Gasteiger partial charge on any atom is 0.301 e. The molecule has 0 aliphatic rings. The minimum atomic E-state index is -0.385. The molecule has 9 nitrogen and oxygen atoms in total. The maximum atomic E-state index is 13.5. The van der Waals surface area contributed by atoms with E-state index in [4.69, 9.17) is 0 Å². The predicted molar refractivity (Wildman–Crippen MR) is 142 cm³/mol. The molecule has 3 aromatic heterocycles. The monoisotopic (exact) mass is 515 g/mol. The minimum Gasteiger partial charge on any atom is -0.343 e. The van der Waals surface area contributed by atoms with Crippen LogP contribution in [0.4, 0.5) is 10.8 Å². The highest BCUT2D eigenvalue weighted by molar-refractivity contribution is 7.15. The Balaban J connectivity index is 1.57. The largest absolute Gasteiger partial charge is 0.343 e. The molecule has 0 aliphatic heterocycles. The van der Waals surface area contributed by atoms with Crippen LogP contribution in [0.15, 0.2) is 81.1 Å². The van der Waals surface area contributed by atoms with Crippen molar-refractivity contribution in [1.82, 2.24) is 24.6 Å². The first kappa shape index (κ1) is 23.5. The van der Waals surface area contributed by atoms with E-state index in [2.05, 4.69) is 25.3 Å². The number of benzene rings is 2. The molecule has 0 aliphatic carbocycles. The van der Waals surface area contributed by atoms with E-state index in [9.17, 15) is 9.59 Å². The summed E-state index contributed by atoms with van der Waals surface area (Å²) in [5.74, 6) is -0.211. The highest BCUT2D eigenvalue weighted by Gasteiger charge is 2.20. The Morgan fingerprint density at radius 3 is 2.31 bits per heavy atom. The number of hydrogen-bond acceptors (Lipinski definition) is 8. The summed E-state index contributed by atoms with van der Waals surface area (Å²) in [7, 11) is 3.33. The van der Waals surface area contributed by atoms with E-state index in [1.54, 1.807) is 21.0 Å². The molecule has 0 unspecified atom stereocenters. The van der Waals surface area contributed by atoms with Crippen LogP contribution in [0.3, 0.4) is 0 Å². The van der Waals surface area contributed by atoms with Crippen LogP contribution < -0.4 is 5.56 Å². The number of aromatic amines is 1. The van der Waals surface area contributed by atoms with E-state index in [1.807, 2.05) is 66.0 Å². The molecule has 11 heteroatoms. The summed E-state index contributed by atoms with van der Waals surface area (Å²) in [6.45, 7) is 1.80. The van der Waals surface area contributed by atoms with Crippen LogP contribution in [0.5, 0.6) is 0 Å². The highest BCUT2D eigenvalue weighted by Crippen LogP contribution is 2.31. The summed E-state index contributed by atoms with van der Waals surface area (Å²) in [5, 5.41) is 14.3. The second-order valence-corrected chi connectivity index (χ2v) is 10.0. The van der Waals surface area contributed by atoms with Crippen LogP contribution in [0.1, 0.15) is 15.4 Å². The Labute approximate surface area is 214 Å². The molecule has 3 heterocycles. The number of thiazole rings is 2. The van der Waals surface area contributed by atoms with Gasteiger partial charge in [0.1, 0.15) is 5.69 Å². The highest BCUT2D eigenvalue weighted by atomic mass is 32.1. The number of aromatic nitrogens is 4. The zero-order chi connectivity index (χ0) is 25.2. The number of amides is 1. The Hall–Kier alpha value is -4.22. The zero-order valence-corrected chi connectivity index (χ0v) is 21.3. The number of H-pyrrole nitrogens is 1. The van der Waals surface area contributed by atoms with Gasteiger partial charge in [-0.15, -0.1) is 21.6 Å². The van der Waals surface area contributed by atoms with E-state index in [0.717, 1.165) is 21.7 Å². The van der Waals surface area contributed by atoms with Gasteiger partial charge in [-0.1, -0.05) is 72.0 Å². The molecule has 1 N–H and O–H groups in total. The average molecular weight is 516 g/mol. The lowest BCUT2D eigenvalue weighted by molar-refractivity contribution is 0.0822. The summed E-state index contributed by atoms with van der Waals surface area (Å²) < 4.78 is 1.38. The van der Waals surface area contributed by atoms with Gasteiger partial charge in [-0.3, -0.25) is 14.7 Å². The van der Waals surface area contributed by atoms with Crippen molar-refractivity contribution in [1.29, 1.82) is 0 Å². The number of carbonyl (C=O) groups is 1. The van der Waals surface area contributed by atoms with Crippen molar-refractivity contribution >= 4 is 39.4 Å². The fourth-order valence-electron chi connectivity index (χ4n) is 3.50. The molecule has 0 fully saturated rings. The summed E-state index contributed by atoms with van der Waals surface area (Å²) in [4.78, 5) is 37.0. The van der Waals surface area contributed by atoms with Crippen molar-refractivity contribution in [3.05, 3.63) is 87.0 Å². The normalized spacial score (nSPS) is 11.3. The quantitative estimate of drug-likeness (QED) is 0.287. The van der Waals surface area contributed by atoms with E-state index in [-0.39, 0.29) is 17.2 Å². The van der Waals surface area contributed by atoms with Gasteiger partial charge in [-0.25, -0.2) is 9.97 Å². The third-order valence-electron chi connectivity index (χ3n) is 5.31. The van der Waals surface area contributed by atoms with Crippen LogP contribution in [-0.2, 0) is 0 Å². The third-order valence-corrected chi connectivity index (χ3v) is 6.99. The third kappa shape index (κ3) is 4.53. The number of nitrogens with zero attached hydrogens (tertiary/aromatic N) is 6. The Morgan fingerprint density at radius 1 is 0.972 bits per heavy atom. The van der Waals surface area contributed by atoms with Gasteiger partial charge < -0.3 is 4.90 Å². The predicted octanol–water partition coefficient (Wildman–Crippen LogP) is 5.84. The Morgan fingerprint density at radius 2 is 1.64 bits per heavy atom. The van der Waals surface area contributed by atoms with Crippen molar-refractivity contribution in [2.24, 2.45) is 10.2 Å². The van der Waals surface area contributed by atoms with Gasteiger partial charge in [0.05, 0.1) is 11.4 Å². The van der Waals surface area contributed by atoms with Crippen molar-refractivity contribution in [2.45, 2.75) is 6.92 Å². The van der Waals surface area contributed by atoms with Gasteiger partial charge >= 0.3 is 5.56 Å². The summed E-state index contributed by atoms with van der Waals surface area (Å²) in [6, 6.07) is 19.2. The number of rotatable bonds is 6. The second-order valence-electron chi connectivity index (χ2n) is 8.02. The lowest BCUT2D eigenvalue weighted by atomic mass is 10.1. The first-order chi connectivity index (χ1) is 17.4. The van der Waals surface area contributed by atoms with E-state index in [0.29, 0.717) is 21.7 Å². The number of azo groups is 1. The SMILES string of the molecule is Cc1sc(N=Nc2c(-c3ccccc3)[nH]n(-c3nc(-c4ccccc4)cs3)c2=O)nc1C(=O)N(C)C. The van der Waals surface area contributed by atoms with Crippen molar-refractivity contribution < 1.29 is 4.79 Å². The molecule has 5 aromatic rings. The lowest BCUT2D eigenvalue weighted by Gasteiger charge is -2.07. The Bertz CT molecular complexity index is 1610. The van der Waals surface area contributed by atoms with Crippen LogP contribution in [-0.4, -0.2) is 44.7 Å². The first-order valence-electron chi connectivity index (χ1n) is 10.9. The first-order valence-corrected chi connectivity index (χ1v) is 12.6. The van der Waals surface area contributed by atoms with Gasteiger partial charge in [-0.2, -0.15) is 4.68 Å². The fraction of sp³-hybridized carbons (Fsp3) is 0.120. The van der Waals surface area contributed by atoms with Crippen molar-refractivity contribution in [3.8, 4) is 27.6 Å². The van der Waals surface area contributed by atoms with Crippen LogP contribution in [0, 0.1) is 6.92 Å². The summed E-state index contributed by atoms with van der Waals surface area (Å²) >= 11 is 2.59. The van der Waals surface area contributed by atoms with Gasteiger partial charge in [0.15, 0.2) is 5.69 Å². The molecule has 180 valence electrons. The fourth-order valence-corrected chi connectivity index (χ4v) is 5.01. The molecule has 2 aromatic carbocycles. The molecule has 0 bridgehead atoms. The molecular formula is C25H21N7O2S2. The molecule has 36 heavy (non-hydrogen) atoms. The summed E-state index contributed by atoms with van der Waals surface area (Å²) in [6.07, 6.45) is 0. The van der Waals surface area contributed by atoms with Gasteiger partial charge in [0, 0.05) is 35.5 Å². The summed E-state index contributed by atoms with van der Waals surface area (Å²) in [5.41, 5.74) is 3.10.